The molecule has 0 unspecified atom stereocenters. The van der Waals surface area contributed by atoms with Crippen LogP contribution >= 0.6 is 11.6 Å². The predicted molar refractivity (Wildman–Crippen MR) is 43.7 cm³/mol. The maximum absolute atomic E-state index is 13.0. The van der Waals surface area contributed by atoms with Crippen molar-refractivity contribution in [2.45, 2.75) is 18.5 Å². The Hall–Kier alpha value is -0.980. The number of aromatic nitrogens is 1. The highest BCUT2D eigenvalue weighted by molar-refractivity contribution is 6.17. The summed E-state index contributed by atoms with van der Waals surface area (Å²) in [6.45, 7) is 0. The number of hydrogen-bond donors (Lipinski definition) is 0. The van der Waals surface area contributed by atoms with Crippen molar-refractivity contribution in [1.82, 2.24) is 4.98 Å². The zero-order chi connectivity index (χ0) is 12.5. The Morgan fingerprint density at radius 2 is 1.88 bits per heavy atom. The summed E-state index contributed by atoms with van der Waals surface area (Å²) in [4.78, 5) is 2.87. The zero-order valence-corrected chi connectivity index (χ0v) is 8.21. The number of rotatable bonds is 2. The van der Waals surface area contributed by atoms with Crippen LogP contribution in [-0.2, 0) is 12.1 Å². The lowest BCUT2D eigenvalue weighted by Gasteiger charge is -2.11. The van der Waals surface area contributed by atoms with E-state index in [4.69, 9.17) is 11.6 Å². The van der Waals surface area contributed by atoms with Crippen LogP contribution in [0.15, 0.2) is 6.07 Å². The van der Waals surface area contributed by atoms with Crippen molar-refractivity contribution in [2.75, 3.05) is 0 Å². The van der Waals surface area contributed by atoms with Crippen molar-refractivity contribution in [2.24, 2.45) is 0 Å². The third-order valence-electron chi connectivity index (χ3n) is 1.72. The molecule has 16 heavy (non-hydrogen) atoms. The van der Waals surface area contributed by atoms with E-state index in [0.717, 1.165) is 0 Å². The molecule has 1 aromatic heterocycles. The van der Waals surface area contributed by atoms with E-state index < -0.39 is 41.3 Å². The molecule has 0 aromatic carbocycles. The van der Waals surface area contributed by atoms with Crippen LogP contribution in [0.25, 0.3) is 0 Å². The molecule has 0 aliphatic rings. The summed E-state index contributed by atoms with van der Waals surface area (Å²) in [5, 5.41) is 0. The molecule has 1 nitrogen and oxygen atoms in total. The molecule has 1 aromatic rings. The average molecular weight is 264 g/mol. The SMILES string of the molecule is Fc1cc(C(F)(F)F)nc(CCl)c1C(F)F. The summed E-state index contributed by atoms with van der Waals surface area (Å²) in [5.41, 5.74) is -3.57. The first-order valence-electron chi connectivity index (χ1n) is 3.88. The van der Waals surface area contributed by atoms with Crippen molar-refractivity contribution in [3.05, 3.63) is 28.8 Å². The molecule has 0 aliphatic carbocycles. The number of alkyl halides is 6. The van der Waals surface area contributed by atoms with Crippen LogP contribution in [0.1, 0.15) is 23.4 Å². The van der Waals surface area contributed by atoms with Crippen molar-refractivity contribution in [3.8, 4) is 0 Å². The fraction of sp³-hybridized carbons (Fsp3) is 0.375. The topological polar surface area (TPSA) is 12.9 Å². The highest BCUT2D eigenvalue weighted by Gasteiger charge is 2.35. The fourth-order valence-electron chi connectivity index (χ4n) is 1.05. The van der Waals surface area contributed by atoms with E-state index in [1.54, 1.807) is 0 Å². The van der Waals surface area contributed by atoms with Crippen LogP contribution in [0, 0.1) is 5.82 Å². The number of pyridine rings is 1. The lowest BCUT2D eigenvalue weighted by atomic mass is 10.1. The zero-order valence-electron chi connectivity index (χ0n) is 7.45. The van der Waals surface area contributed by atoms with Gasteiger partial charge in [-0.3, -0.25) is 0 Å². The van der Waals surface area contributed by atoms with Gasteiger partial charge in [-0.25, -0.2) is 18.2 Å². The predicted octanol–water partition coefficient (Wildman–Crippen LogP) is 3.92. The van der Waals surface area contributed by atoms with E-state index in [1.165, 1.54) is 0 Å². The van der Waals surface area contributed by atoms with Crippen molar-refractivity contribution < 1.29 is 26.3 Å². The summed E-state index contributed by atoms with van der Waals surface area (Å²) in [6.07, 6.45) is -8.16. The Morgan fingerprint density at radius 3 is 2.25 bits per heavy atom. The smallest absolute Gasteiger partial charge is 0.246 e. The van der Waals surface area contributed by atoms with Crippen LogP contribution in [0.4, 0.5) is 26.3 Å². The number of hydrogen-bond acceptors (Lipinski definition) is 1. The summed E-state index contributed by atoms with van der Waals surface area (Å²) in [7, 11) is 0. The first kappa shape index (κ1) is 13.1. The average Bonchev–Trinajstić information content (AvgIpc) is 2.14. The van der Waals surface area contributed by atoms with Gasteiger partial charge in [0.2, 0.25) is 0 Å². The normalized spacial score (nSPS) is 12.2. The van der Waals surface area contributed by atoms with E-state index in [-0.39, 0.29) is 6.07 Å². The minimum absolute atomic E-state index is 0.0719. The van der Waals surface area contributed by atoms with Gasteiger partial charge in [-0.05, 0) is 0 Å². The summed E-state index contributed by atoms with van der Waals surface area (Å²) >= 11 is 5.14. The van der Waals surface area contributed by atoms with Gasteiger partial charge >= 0.3 is 6.18 Å². The van der Waals surface area contributed by atoms with Gasteiger partial charge < -0.3 is 0 Å². The maximum atomic E-state index is 13.0. The van der Waals surface area contributed by atoms with Gasteiger partial charge in [-0.15, -0.1) is 11.6 Å². The first-order valence-corrected chi connectivity index (χ1v) is 4.41. The monoisotopic (exact) mass is 263 g/mol. The molecule has 0 spiro atoms. The second-order valence-electron chi connectivity index (χ2n) is 2.78. The molecule has 0 saturated heterocycles. The van der Waals surface area contributed by atoms with Crippen molar-refractivity contribution in [1.29, 1.82) is 0 Å². The van der Waals surface area contributed by atoms with Crippen LogP contribution in [0.3, 0.4) is 0 Å². The number of nitrogens with zero attached hydrogens (tertiary/aromatic N) is 1. The Bertz CT molecular complexity index is 389. The largest absolute Gasteiger partial charge is 0.433 e. The van der Waals surface area contributed by atoms with E-state index in [9.17, 15) is 26.3 Å². The van der Waals surface area contributed by atoms with Crippen LogP contribution in [0.2, 0.25) is 0 Å². The molecule has 0 saturated carbocycles. The fourth-order valence-corrected chi connectivity index (χ4v) is 1.25. The second kappa shape index (κ2) is 4.48. The Balaban J connectivity index is 3.38. The summed E-state index contributed by atoms with van der Waals surface area (Å²) in [5.74, 6) is -2.38. The first-order chi connectivity index (χ1) is 7.27. The third-order valence-corrected chi connectivity index (χ3v) is 1.98. The molecular weight excluding hydrogens is 260 g/mol. The molecule has 8 heteroatoms. The van der Waals surface area contributed by atoms with E-state index in [1.807, 2.05) is 0 Å². The van der Waals surface area contributed by atoms with Gasteiger partial charge in [0.05, 0.1) is 17.1 Å². The van der Waals surface area contributed by atoms with Gasteiger partial charge in [-0.1, -0.05) is 0 Å². The van der Waals surface area contributed by atoms with Crippen LogP contribution in [0.5, 0.6) is 0 Å². The van der Waals surface area contributed by atoms with Gasteiger partial charge in [0.25, 0.3) is 6.43 Å². The minimum Gasteiger partial charge on any atom is -0.246 e. The van der Waals surface area contributed by atoms with Crippen molar-refractivity contribution in [3.63, 3.8) is 0 Å². The van der Waals surface area contributed by atoms with Gasteiger partial charge in [0.15, 0.2) is 0 Å². The minimum atomic E-state index is -4.90. The lowest BCUT2D eigenvalue weighted by molar-refractivity contribution is -0.141. The van der Waals surface area contributed by atoms with Gasteiger partial charge in [0, 0.05) is 6.07 Å². The lowest BCUT2D eigenvalue weighted by Crippen LogP contribution is -2.12. The van der Waals surface area contributed by atoms with Gasteiger partial charge in [0.1, 0.15) is 11.5 Å². The molecule has 0 aliphatic heterocycles. The maximum Gasteiger partial charge on any atom is 0.433 e. The highest BCUT2D eigenvalue weighted by Crippen LogP contribution is 2.32. The molecule has 0 bridgehead atoms. The quantitative estimate of drug-likeness (QED) is 0.582. The summed E-state index contributed by atoms with van der Waals surface area (Å²) in [6, 6.07) is -0.0719. The molecular formula is C8H4ClF6N. The Labute approximate surface area is 91.0 Å². The van der Waals surface area contributed by atoms with E-state index in [0.29, 0.717) is 0 Å². The van der Waals surface area contributed by atoms with Gasteiger partial charge in [-0.2, -0.15) is 13.2 Å². The van der Waals surface area contributed by atoms with Crippen LogP contribution in [-0.4, -0.2) is 4.98 Å². The molecule has 0 fully saturated rings. The molecule has 0 atom stereocenters. The molecule has 1 rings (SSSR count). The third kappa shape index (κ3) is 2.58. The van der Waals surface area contributed by atoms with Crippen LogP contribution < -0.4 is 0 Å². The highest BCUT2D eigenvalue weighted by atomic mass is 35.5. The molecule has 0 N–H and O–H groups in total. The van der Waals surface area contributed by atoms with E-state index in [2.05, 4.69) is 4.98 Å². The molecule has 1 heterocycles. The molecule has 0 radical (unpaired) electrons. The standard InChI is InChI=1S/C8H4ClF6N/c9-2-4-6(7(11)12)3(10)1-5(16-4)8(13,14)15/h1,7H,2H2. The van der Waals surface area contributed by atoms with E-state index >= 15 is 0 Å². The number of halogens is 7. The second-order valence-corrected chi connectivity index (χ2v) is 3.05. The van der Waals surface area contributed by atoms with Crippen molar-refractivity contribution >= 4 is 11.6 Å². The molecule has 0 amide bonds. The Morgan fingerprint density at radius 1 is 1.31 bits per heavy atom. The Kier molecular flexibility index (Phi) is 3.67. The molecule has 90 valence electrons. The summed E-state index contributed by atoms with van der Waals surface area (Å²) < 4.78 is 74.0.